The maximum atomic E-state index is 12.3. The summed E-state index contributed by atoms with van der Waals surface area (Å²) in [6.45, 7) is 0.0747. The average molecular weight is 419 g/mol. The quantitative estimate of drug-likeness (QED) is 0.614. The highest BCUT2D eigenvalue weighted by Crippen LogP contribution is 2.23. The first kappa shape index (κ1) is 19.7. The molecule has 0 saturated carbocycles. The number of hydrogen-bond donors (Lipinski definition) is 2. The largest absolute Gasteiger partial charge is 0.483 e. The van der Waals surface area contributed by atoms with Crippen LogP contribution in [0, 0.1) is 0 Å². The lowest BCUT2D eigenvalue weighted by Gasteiger charge is -2.12. The third-order valence-corrected chi connectivity index (χ3v) is 4.43. The van der Waals surface area contributed by atoms with E-state index in [-0.39, 0.29) is 17.9 Å². The zero-order valence-corrected chi connectivity index (χ0v) is 16.1. The molecule has 0 saturated heterocycles. The van der Waals surface area contributed by atoms with Crippen LogP contribution in [0.4, 0.5) is 5.82 Å². The SMILES string of the molecule is NC(=O)c1cc(Cl)ccc1OCC(=O)Nc1ccnn1Cc1ccccc1Cl. The van der Waals surface area contributed by atoms with E-state index in [0.717, 1.165) is 5.56 Å². The molecule has 0 radical (unpaired) electrons. The van der Waals surface area contributed by atoms with Gasteiger partial charge < -0.3 is 15.8 Å². The van der Waals surface area contributed by atoms with E-state index < -0.39 is 11.8 Å². The molecule has 1 aromatic heterocycles. The van der Waals surface area contributed by atoms with Gasteiger partial charge in [-0.1, -0.05) is 41.4 Å². The Kier molecular flexibility index (Phi) is 6.18. The van der Waals surface area contributed by atoms with Gasteiger partial charge in [0.05, 0.1) is 18.3 Å². The maximum Gasteiger partial charge on any atom is 0.263 e. The molecule has 3 rings (SSSR count). The van der Waals surface area contributed by atoms with Crippen LogP contribution in [0.5, 0.6) is 5.75 Å². The fraction of sp³-hybridized carbons (Fsp3) is 0.105. The lowest BCUT2D eigenvalue weighted by molar-refractivity contribution is -0.118. The molecule has 1 heterocycles. The summed E-state index contributed by atoms with van der Waals surface area (Å²) in [5.74, 6) is -0.460. The Morgan fingerprint density at radius 2 is 1.93 bits per heavy atom. The summed E-state index contributed by atoms with van der Waals surface area (Å²) in [4.78, 5) is 23.7. The zero-order valence-electron chi connectivity index (χ0n) is 14.6. The standard InChI is InChI=1S/C19H16Cl2N4O3/c20-13-5-6-16(14(9-13)19(22)27)28-11-18(26)24-17-7-8-23-25(17)10-12-3-1-2-4-15(12)21/h1-9H,10-11H2,(H2,22,27)(H,24,26). The van der Waals surface area contributed by atoms with Crippen molar-refractivity contribution < 1.29 is 14.3 Å². The van der Waals surface area contributed by atoms with Gasteiger partial charge in [0, 0.05) is 16.1 Å². The van der Waals surface area contributed by atoms with Gasteiger partial charge in [0.2, 0.25) is 0 Å². The topological polar surface area (TPSA) is 99.2 Å². The normalized spacial score (nSPS) is 10.5. The predicted octanol–water partition coefficient (Wildman–Crippen LogP) is 3.35. The van der Waals surface area contributed by atoms with Crippen LogP contribution in [-0.4, -0.2) is 28.2 Å². The van der Waals surface area contributed by atoms with E-state index in [1.807, 2.05) is 18.2 Å². The van der Waals surface area contributed by atoms with Crippen LogP contribution in [-0.2, 0) is 11.3 Å². The number of aromatic nitrogens is 2. The highest BCUT2D eigenvalue weighted by atomic mass is 35.5. The minimum absolute atomic E-state index is 0.101. The molecular weight excluding hydrogens is 403 g/mol. The molecule has 0 spiro atoms. The molecule has 3 N–H and O–H groups in total. The molecule has 144 valence electrons. The van der Waals surface area contributed by atoms with E-state index >= 15 is 0 Å². The van der Waals surface area contributed by atoms with Gasteiger partial charge in [-0.15, -0.1) is 0 Å². The maximum absolute atomic E-state index is 12.3. The molecule has 7 nitrogen and oxygen atoms in total. The zero-order chi connectivity index (χ0) is 20.1. The summed E-state index contributed by atoms with van der Waals surface area (Å²) in [5, 5.41) is 7.86. The average Bonchev–Trinajstić information content (AvgIpc) is 3.09. The molecule has 28 heavy (non-hydrogen) atoms. The molecule has 0 fully saturated rings. The Labute approximate surface area is 171 Å². The van der Waals surface area contributed by atoms with Crippen molar-refractivity contribution in [3.8, 4) is 5.75 Å². The van der Waals surface area contributed by atoms with Crippen molar-refractivity contribution in [3.05, 3.63) is 75.9 Å². The highest BCUT2D eigenvalue weighted by molar-refractivity contribution is 6.31. The van der Waals surface area contributed by atoms with Gasteiger partial charge >= 0.3 is 0 Å². The summed E-state index contributed by atoms with van der Waals surface area (Å²) < 4.78 is 7.03. The van der Waals surface area contributed by atoms with Gasteiger partial charge in [0.1, 0.15) is 11.6 Å². The summed E-state index contributed by atoms with van der Waals surface area (Å²) in [6, 6.07) is 13.4. The number of primary amides is 1. The summed E-state index contributed by atoms with van der Waals surface area (Å²) in [7, 11) is 0. The van der Waals surface area contributed by atoms with Crippen molar-refractivity contribution in [2.45, 2.75) is 6.54 Å². The summed E-state index contributed by atoms with van der Waals surface area (Å²) in [5.41, 5.74) is 6.27. The van der Waals surface area contributed by atoms with Crippen molar-refractivity contribution in [1.82, 2.24) is 9.78 Å². The Hall–Kier alpha value is -3.03. The van der Waals surface area contributed by atoms with E-state index in [4.69, 9.17) is 33.7 Å². The van der Waals surface area contributed by atoms with Gasteiger partial charge in [-0.05, 0) is 29.8 Å². The Balaban J connectivity index is 1.65. The number of amides is 2. The van der Waals surface area contributed by atoms with Crippen LogP contribution >= 0.6 is 23.2 Å². The van der Waals surface area contributed by atoms with E-state index in [1.165, 1.54) is 12.1 Å². The number of carbonyl (C=O) groups is 2. The molecule has 0 bridgehead atoms. The molecule has 2 amide bonds. The number of anilines is 1. The third-order valence-electron chi connectivity index (χ3n) is 3.83. The van der Waals surface area contributed by atoms with Crippen molar-refractivity contribution >= 4 is 40.8 Å². The lowest BCUT2D eigenvalue weighted by Crippen LogP contribution is -2.23. The van der Waals surface area contributed by atoms with Crippen molar-refractivity contribution in [3.63, 3.8) is 0 Å². The highest BCUT2D eigenvalue weighted by Gasteiger charge is 2.13. The first-order chi connectivity index (χ1) is 13.4. The van der Waals surface area contributed by atoms with Crippen molar-refractivity contribution in [1.29, 1.82) is 0 Å². The number of halogens is 2. The van der Waals surface area contributed by atoms with E-state index in [2.05, 4.69) is 10.4 Å². The number of nitrogens with two attached hydrogens (primary N) is 1. The number of nitrogens with zero attached hydrogens (tertiary/aromatic N) is 2. The molecule has 0 aliphatic carbocycles. The molecule has 0 atom stereocenters. The van der Waals surface area contributed by atoms with Gasteiger partial charge in [-0.2, -0.15) is 5.10 Å². The van der Waals surface area contributed by atoms with Crippen LogP contribution in [0.25, 0.3) is 0 Å². The number of benzene rings is 2. The number of rotatable bonds is 7. The molecule has 0 aliphatic heterocycles. The van der Waals surface area contributed by atoms with E-state index in [0.29, 0.717) is 22.4 Å². The number of hydrogen-bond acceptors (Lipinski definition) is 4. The number of nitrogens with one attached hydrogen (secondary N) is 1. The Morgan fingerprint density at radius 1 is 1.14 bits per heavy atom. The summed E-state index contributed by atoms with van der Waals surface area (Å²) in [6.07, 6.45) is 1.57. The van der Waals surface area contributed by atoms with Gasteiger partial charge in [-0.3, -0.25) is 9.59 Å². The van der Waals surface area contributed by atoms with Crippen LogP contribution in [0.2, 0.25) is 10.0 Å². The first-order valence-corrected chi connectivity index (χ1v) is 8.97. The minimum Gasteiger partial charge on any atom is -0.483 e. The predicted molar refractivity (Wildman–Crippen MR) is 107 cm³/mol. The van der Waals surface area contributed by atoms with Crippen molar-refractivity contribution in [2.75, 3.05) is 11.9 Å². The number of carbonyl (C=O) groups excluding carboxylic acids is 2. The third kappa shape index (κ3) is 4.82. The molecule has 0 unspecified atom stereocenters. The fourth-order valence-corrected chi connectivity index (χ4v) is 2.86. The van der Waals surface area contributed by atoms with E-state index in [1.54, 1.807) is 29.1 Å². The molecule has 9 heteroatoms. The smallest absolute Gasteiger partial charge is 0.263 e. The van der Waals surface area contributed by atoms with Gasteiger partial charge in [0.15, 0.2) is 6.61 Å². The lowest BCUT2D eigenvalue weighted by atomic mass is 10.2. The van der Waals surface area contributed by atoms with Crippen LogP contribution < -0.4 is 15.8 Å². The Morgan fingerprint density at radius 3 is 2.68 bits per heavy atom. The minimum atomic E-state index is -0.698. The van der Waals surface area contributed by atoms with Gasteiger partial charge in [0.25, 0.3) is 11.8 Å². The fourth-order valence-electron chi connectivity index (χ4n) is 2.50. The molecule has 0 aliphatic rings. The van der Waals surface area contributed by atoms with E-state index in [9.17, 15) is 9.59 Å². The van der Waals surface area contributed by atoms with Crippen LogP contribution in [0.3, 0.4) is 0 Å². The first-order valence-electron chi connectivity index (χ1n) is 8.21. The molecule has 3 aromatic rings. The van der Waals surface area contributed by atoms with Crippen LogP contribution in [0.1, 0.15) is 15.9 Å². The second-order valence-electron chi connectivity index (χ2n) is 5.81. The second-order valence-corrected chi connectivity index (χ2v) is 6.65. The second kappa shape index (κ2) is 8.77. The van der Waals surface area contributed by atoms with Gasteiger partial charge in [-0.25, -0.2) is 4.68 Å². The monoisotopic (exact) mass is 418 g/mol. The van der Waals surface area contributed by atoms with Crippen LogP contribution in [0.15, 0.2) is 54.7 Å². The summed E-state index contributed by atoms with van der Waals surface area (Å²) >= 11 is 12.0. The Bertz CT molecular complexity index is 1020. The molecule has 2 aromatic carbocycles. The molecular formula is C19H16Cl2N4O3. The van der Waals surface area contributed by atoms with Crippen molar-refractivity contribution in [2.24, 2.45) is 5.73 Å². The number of ether oxygens (including phenoxy) is 1.